The molecular weight excluding hydrogens is 370 g/mol. The second-order valence-electron chi connectivity index (χ2n) is 6.87. The highest BCUT2D eigenvalue weighted by Crippen LogP contribution is 2.22. The lowest BCUT2D eigenvalue weighted by Crippen LogP contribution is -2.54. The first-order valence-electron chi connectivity index (χ1n) is 8.90. The van der Waals surface area contributed by atoms with E-state index in [0.29, 0.717) is 17.3 Å². The number of nitrogens with one attached hydrogen (secondary N) is 2. The van der Waals surface area contributed by atoms with Gasteiger partial charge in [-0.2, -0.15) is 0 Å². The standard InChI is InChI=1S/C18H25N3O5S/c1-13(2)11-17(23)20-18(24)21(15-9-6-10-19-12-16(15)22)27(25,26)14-7-4-3-5-8-14/h3-5,7-8,13,15,19H,6,9-12H2,1-2H3,(H,20,23,24). The maximum atomic E-state index is 13.1. The molecule has 1 saturated heterocycles. The van der Waals surface area contributed by atoms with Crippen LogP contribution in [0.3, 0.4) is 0 Å². The summed E-state index contributed by atoms with van der Waals surface area (Å²) < 4.78 is 26.8. The SMILES string of the molecule is CC(C)CC(=O)NC(=O)N(C1CCCNCC1=O)S(=O)(=O)c1ccccc1. The number of ketones is 1. The summed E-state index contributed by atoms with van der Waals surface area (Å²) in [6, 6.07) is 5.17. The molecule has 1 atom stereocenters. The molecule has 1 unspecified atom stereocenters. The van der Waals surface area contributed by atoms with Gasteiger partial charge in [0.2, 0.25) is 5.91 Å². The summed E-state index contributed by atoms with van der Waals surface area (Å²) in [6.45, 7) is 4.14. The summed E-state index contributed by atoms with van der Waals surface area (Å²) in [6.07, 6.45) is 0.805. The molecule has 0 aliphatic carbocycles. The number of Topliss-reactive ketones (excluding diaryl/α,β-unsaturated/α-hetero) is 1. The van der Waals surface area contributed by atoms with E-state index in [9.17, 15) is 22.8 Å². The molecular formula is C18H25N3O5S. The molecule has 2 rings (SSSR count). The fourth-order valence-electron chi connectivity index (χ4n) is 2.88. The van der Waals surface area contributed by atoms with Crippen LogP contribution in [0.25, 0.3) is 0 Å². The van der Waals surface area contributed by atoms with E-state index in [1.807, 2.05) is 13.8 Å². The normalized spacial score (nSPS) is 18.0. The van der Waals surface area contributed by atoms with Crippen molar-refractivity contribution in [1.29, 1.82) is 0 Å². The number of urea groups is 1. The van der Waals surface area contributed by atoms with Gasteiger partial charge in [-0.25, -0.2) is 17.5 Å². The maximum absolute atomic E-state index is 13.1. The minimum absolute atomic E-state index is 0.000642. The monoisotopic (exact) mass is 395 g/mol. The molecule has 1 fully saturated rings. The summed E-state index contributed by atoms with van der Waals surface area (Å²) in [5.74, 6) is -0.985. The highest BCUT2D eigenvalue weighted by Gasteiger charge is 2.40. The Morgan fingerprint density at radius 1 is 1.26 bits per heavy atom. The first-order chi connectivity index (χ1) is 12.7. The van der Waals surface area contributed by atoms with Crippen molar-refractivity contribution in [3.05, 3.63) is 30.3 Å². The van der Waals surface area contributed by atoms with Crippen molar-refractivity contribution < 1.29 is 22.8 Å². The van der Waals surface area contributed by atoms with Gasteiger partial charge in [-0.1, -0.05) is 32.0 Å². The molecule has 148 valence electrons. The number of carbonyl (C=O) groups excluding carboxylic acids is 3. The lowest BCUT2D eigenvalue weighted by molar-refractivity contribution is -0.122. The number of carbonyl (C=O) groups is 3. The van der Waals surface area contributed by atoms with Gasteiger partial charge in [-0.3, -0.25) is 14.9 Å². The average molecular weight is 395 g/mol. The molecule has 1 aliphatic heterocycles. The Kier molecular flexibility index (Phi) is 7.09. The maximum Gasteiger partial charge on any atom is 0.338 e. The predicted molar refractivity (Wildman–Crippen MR) is 99.4 cm³/mol. The Balaban J connectivity index is 2.40. The van der Waals surface area contributed by atoms with Crippen LogP contribution in [-0.4, -0.2) is 49.6 Å². The number of imide groups is 1. The summed E-state index contributed by atoms with van der Waals surface area (Å²) in [5, 5.41) is 5.03. The predicted octanol–water partition coefficient (Wildman–Crippen LogP) is 1.28. The Morgan fingerprint density at radius 3 is 2.56 bits per heavy atom. The quantitative estimate of drug-likeness (QED) is 0.777. The van der Waals surface area contributed by atoms with Crippen LogP contribution in [0, 0.1) is 5.92 Å². The molecule has 1 aromatic carbocycles. The molecule has 3 amide bonds. The third-order valence-electron chi connectivity index (χ3n) is 4.13. The Labute approximate surface area is 159 Å². The van der Waals surface area contributed by atoms with Crippen molar-refractivity contribution in [1.82, 2.24) is 14.9 Å². The number of amides is 3. The fourth-order valence-corrected chi connectivity index (χ4v) is 4.43. The zero-order chi connectivity index (χ0) is 20.0. The molecule has 0 saturated carbocycles. The van der Waals surface area contributed by atoms with E-state index in [0.717, 1.165) is 0 Å². The van der Waals surface area contributed by atoms with Crippen molar-refractivity contribution in [3.8, 4) is 0 Å². The van der Waals surface area contributed by atoms with Gasteiger partial charge in [0.15, 0.2) is 5.78 Å². The largest absolute Gasteiger partial charge is 0.338 e. The lowest BCUT2D eigenvalue weighted by atomic mass is 10.1. The van der Waals surface area contributed by atoms with E-state index in [1.165, 1.54) is 24.3 Å². The van der Waals surface area contributed by atoms with Crippen LogP contribution in [0.5, 0.6) is 0 Å². The van der Waals surface area contributed by atoms with Crippen molar-refractivity contribution in [2.75, 3.05) is 13.1 Å². The van der Waals surface area contributed by atoms with Gasteiger partial charge >= 0.3 is 6.03 Å². The average Bonchev–Trinajstić information content (AvgIpc) is 2.80. The molecule has 1 heterocycles. The second-order valence-corrected chi connectivity index (χ2v) is 8.68. The summed E-state index contributed by atoms with van der Waals surface area (Å²) in [7, 11) is -4.30. The van der Waals surface area contributed by atoms with Crippen molar-refractivity contribution in [2.45, 2.75) is 44.0 Å². The Morgan fingerprint density at radius 2 is 1.93 bits per heavy atom. The highest BCUT2D eigenvalue weighted by molar-refractivity contribution is 7.89. The van der Waals surface area contributed by atoms with Crippen LogP contribution in [0.1, 0.15) is 33.1 Å². The number of sulfonamides is 1. The molecule has 0 bridgehead atoms. The molecule has 27 heavy (non-hydrogen) atoms. The third-order valence-corrected chi connectivity index (χ3v) is 5.93. The third kappa shape index (κ3) is 5.36. The summed E-state index contributed by atoms with van der Waals surface area (Å²) >= 11 is 0. The van der Waals surface area contributed by atoms with Gasteiger partial charge in [-0.15, -0.1) is 0 Å². The summed E-state index contributed by atoms with van der Waals surface area (Å²) in [4.78, 5) is 37.1. The highest BCUT2D eigenvalue weighted by atomic mass is 32.2. The van der Waals surface area contributed by atoms with E-state index >= 15 is 0 Å². The van der Waals surface area contributed by atoms with Crippen LogP contribution < -0.4 is 10.6 Å². The number of hydrogen-bond acceptors (Lipinski definition) is 6. The minimum atomic E-state index is -4.30. The van der Waals surface area contributed by atoms with E-state index < -0.39 is 33.8 Å². The molecule has 0 radical (unpaired) electrons. The number of rotatable bonds is 5. The lowest BCUT2D eigenvalue weighted by Gasteiger charge is -2.29. The fraction of sp³-hybridized carbons (Fsp3) is 0.500. The Bertz CT molecular complexity index is 792. The zero-order valence-corrected chi connectivity index (χ0v) is 16.3. The molecule has 1 aliphatic rings. The first-order valence-corrected chi connectivity index (χ1v) is 10.3. The summed E-state index contributed by atoms with van der Waals surface area (Å²) in [5.41, 5.74) is 0. The van der Waals surface area contributed by atoms with E-state index in [-0.39, 0.29) is 30.2 Å². The van der Waals surface area contributed by atoms with Crippen molar-refractivity contribution in [2.24, 2.45) is 5.92 Å². The Hall–Kier alpha value is -2.26. The van der Waals surface area contributed by atoms with Gasteiger partial charge < -0.3 is 5.32 Å². The molecule has 0 spiro atoms. The van der Waals surface area contributed by atoms with Crippen LogP contribution in [0.4, 0.5) is 4.79 Å². The van der Waals surface area contributed by atoms with Crippen molar-refractivity contribution in [3.63, 3.8) is 0 Å². The van der Waals surface area contributed by atoms with Gasteiger partial charge in [0.1, 0.15) is 6.04 Å². The van der Waals surface area contributed by atoms with Gasteiger partial charge in [0, 0.05) is 6.42 Å². The minimum Gasteiger partial charge on any atom is -0.310 e. The topological polar surface area (TPSA) is 113 Å². The van der Waals surface area contributed by atoms with Gasteiger partial charge in [-0.05, 0) is 37.4 Å². The van der Waals surface area contributed by atoms with Crippen LogP contribution in [0.2, 0.25) is 0 Å². The van der Waals surface area contributed by atoms with E-state index in [2.05, 4.69) is 10.6 Å². The molecule has 1 aromatic rings. The molecule has 8 nitrogen and oxygen atoms in total. The van der Waals surface area contributed by atoms with Gasteiger partial charge in [0.25, 0.3) is 10.0 Å². The molecule has 9 heteroatoms. The van der Waals surface area contributed by atoms with E-state index in [1.54, 1.807) is 6.07 Å². The molecule has 2 N–H and O–H groups in total. The van der Waals surface area contributed by atoms with E-state index in [4.69, 9.17) is 0 Å². The number of benzene rings is 1. The molecule has 0 aromatic heterocycles. The van der Waals surface area contributed by atoms with Crippen LogP contribution >= 0.6 is 0 Å². The smallest absolute Gasteiger partial charge is 0.310 e. The first kappa shape index (κ1) is 21.0. The van der Waals surface area contributed by atoms with Crippen LogP contribution in [-0.2, 0) is 19.6 Å². The van der Waals surface area contributed by atoms with Crippen LogP contribution in [0.15, 0.2) is 35.2 Å². The van der Waals surface area contributed by atoms with Gasteiger partial charge in [0.05, 0.1) is 11.4 Å². The zero-order valence-electron chi connectivity index (χ0n) is 15.5. The second kappa shape index (κ2) is 9.09. The van der Waals surface area contributed by atoms with Crippen molar-refractivity contribution >= 4 is 27.7 Å². The number of nitrogens with zero attached hydrogens (tertiary/aromatic N) is 1. The number of hydrogen-bond donors (Lipinski definition) is 2.